The first-order valence-electron chi connectivity index (χ1n) is 9.53. The average Bonchev–Trinajstić information content (AvgIpc) is 3.12. The van der Waals surface area contributed by atoms with E-state index in [4.69, 9.17) is 0 Å². The van der Waals surface area contributed by atoms with Gasteiger partial charge in [0.05, 0.1) is 12.2 Å². The molecule has 3 heterocycles. The van der Waals surface area contributed by atoms with E-state index in [2.05, 4.69) is 15.3 Å². The van der Waals surface area contributed by atoms with Gasteiger partial charge in [0, 0.05) is 44.8 Å². The highest BCUT2D eigenvalue weighted by Crippen LogP contribution is 2.22. The highest BCUT2D eigenvalue weighted by atomic mass is 16.2. The molecular weight excluding hydrogens is 342 g/mol. The van der Waals surface area contributed by atoms with Gasteiger partial charge in [-0.1, -0.05) is 18.2 Å². The molecule has 1 saturated heterocycles. The summed E-state index contributed by atoms with van der Waals surface area (Å²) < 4.78 is 1.95. The number of aromatic nitrogens is 2. The van der Waals surface area contributed by atoms with Crippen molar-refractivity contribution in [1.29, 1.82) is 0 Å². The summed E-state index contributed by atoms with van der Waals surface area (Å²) >= 11 is 0. The lowest BCUT2D eigenvalue weighted by Gasteiger charge is -2.40. The van der Waals surface area contributed by atoms with E-state index in [9.17, 15) is 9.59 Å². The largest absolute Gasteiger partial charge is 0.343 e. The van der Waals surface area contributed by atoms with Gasteiger partial charge in [0.1, 0.15) is 0 Å². The fourth-order valence-corrected chi connectivity index (χ4v) is 3.97. The molecule has 1 aromatic carbocycles. The molecular formula is C20H25N5O2. The zero-order valence-electron chi connectivity index (χ0n) is 15.6. The summed E-state index contributed by atoms with van der Waals surface area (Å²) in [6, 6.07) is 11.8. The number of para-hydroxylation sites is 1. The Morgan fingerprint density at radius 3 is 2.52 bits per heavy atom. The lowest BCUT2D eigenvalue weighted by Crippen LogP contribution is -2.48. The molecule has 0 bridgehead atoms. The van der Waals surface area contributed by atoms with Gasteiger partial charge in [0.2, 0.25) is 5.91 Å². The molecule has 2 amide bonds. The smallest absolute Gasteiger partial charge is 0.276 e. The van der Waals surface area contributed by atoms with Crippen molar-refractivity contribution >= 4 is 17.5 Å². The van der Waals surface area contributed by atoms with Gasteiger partial charge in [-0.05, 0) is 31.0 Å². The summed E-state index contributed by atoms with van der Waals surface area (Å²) in [6.45, 7) is 5.83. The number of hydrogen-bond donors (Lipinski definition) is 1. The van der Waals surface area contributed by atoms with E-state index in [1.54, 1.807) is 6.92 Å². The van der Waals surface area contributed by atoms with Gasteiger partial charge in [-0.3, -0.25) is 19.2 Å². The zero-order chi connectivity index (χ0) is 18.8. The van der Waals surface area contributed by atoms with E-state index in [0.29, 0.717) is 11.7 Å². The molecule has 2 aromatic rings. The van der Waals surface area contributed by atoms with E-state index in [1.807, 2.05) is 46.0 Å². The Morgan fingerprint density at radius 1 is 1.07 bits per heavy atom. The number of carbonyl (C=O) groups excluding carboxylic acids is 2. The van der Waals surface area contributed by atoms with Crippen LogP contribution in [0.1, 0.15) is 35.9 Å². The number of benzene rings is 1. The number of nitrogens with one attached hydrogen (secondary N) is 1. The molecule has 0 unspecified atom stereocenters. The molecule has 0 saturated carbocycles. The van der Waals surface area contributed by atoms with Crippen LogP contribution in [0.5, 0.6) is 0 Å². The molecule has 7 nitrogen and oxygen atoms in total. The molecule has 2 aliphatic rings. The van der Waals surface area contributed by atoms with E-state index >= 15 is 0 Å². The van der Waals surface area contributed by atoms with Gasteiger partial charge in [-0.2, -0.15) is 5.10 Å². The van der Waals surface area contributed by atoms with Crippen molar-refractivity contribution in [3.05, 3.63) is 47.8 Å². The van der Waals surface area contributed by atoms with Crippen LogP contribution in [0.25, 0.3) is 0 Å². The van der Waals surface area contributed by atoms with Crippen LogP contribution < -0.4 is 5.32 Å². The summed E-state index contributed by atoms with van der Waals surface area (Å²) in [6.07, 6.45) is 2.02. The van der Waals surface area contributed by atoms with Gasteiger partial charge >= 0.3 is 0 Å². The highest BCUT2D eigenvalue weighted by molar-refractivity contribution is 6.02. The van der Waals surface area contributed by atoms with Crippen LogP contribution in [0.3, 0.4) is 0 Å². The van der Waals surface area contributed by atoms with Crippen LogP contribution in [0, 0.1) is 0 Å². The van der Waals surface area contributed by atoms with Crippen molar-refractivity contribution in [3.8, 4) is 0 Å². The van der Waals surface area contributed by atoms with Crippen LogP contribution >= 0.6 is 0 Å². The number of likely N-dealkylation sites (tertiary alicyclic amines) is 1. The number of fused-ring (bicyclic) bond motifs is 1. The number of carbonyl (C=O) groups is 2. The molecule has 2 aliphatic heterocycles. The van der Waals surface area contributed by atoms with E-state index in [-0.39, 0.29) is 11.8 Å². The van der Waals surface area contributed by atoms with Gasteiger partial charge in [-0.15, -0.1) is 0 Å². The Kier molecular flexibility index (Phi) is 4.94. The predicted octanol–water partition coefficient (Wildman–Crippen LogP) is 1.96. The van der Waals surface area contributed by atoms with Gasteiger partial charge < -0.3 is 10.2 Å². The topological polar surface area (TPSA) is 70.5 Å². The van der Waals surface area contributed by atoms with Gasteiger partial charge in [-0.25, -0.2) is 0 Å². The Bertz CT molecular complexity index is 824. The third-order valence-corrected chi connectivity index (χ3v) is 5.52. The van der Waals surface area contributed by atoms with Crippen LogP contribution in [0.2, 0.25) is 0 Å². The Balaban J connectivity index is 1.39. The fourth-order valence-electron chi connectivity index (χ4n) is 3.97. The van der Waals surface area contributed by atoms with Crippen LogP contribution in [0.4, 0.5) is 5.69 Å². The third-order valence-electron chi connectivity index (χ3n) is 5.52. The SMILES string of the molecule is CC(=O)N1CCC(N2CCn3nc(C(=O)Nc4ccccc4)cc3C2)CC1. The molecule has 1 N–H and O–H groups in total. The maximum absolute atomic E-state index is 12.5. The lowest BCUT2D eigenvalue weighted by atomic mass is 10.0. The number of amides is 2. The molecule has 0 radical (unpaired) electrons. The lowest BCUT2D eigenvalue weighted by molar-refractivity contribution is -0.130. The summed E-state index contributed by atoms with van der Waals surface area (Å²) in [5, 5.41) is 7.38. The molecule has 142 valence electrons. The maximum Gasteiger partial charge on any atom is 0.276 e. The van der Waals surface area contributed by atoms with Crippen LogP contribution in [-0.2, 0) is 17.9 Å². The number of piperidine rings is 1. The number of anilines is 1. The normalized spacial score (nSPS) is 18.2. The van der Waals surface area contributed by atoms with E-state index < -0.39 is 0 Å². The standard InChI is InChI=1S/C20H25N5O2/c1-15(26)23-9-7-17(8-10-23)24-11-12-25-18(14-24)13-19(22-25)20(27)21-16-5-3-2-4-6-16/h2-6,13,17H,7-12,14H2,1H3,(H,21,27). The first-order chi connectivity index (χ1) is 13.1. The molecule has 0 aliphatic carbocycles. The Hall–Kier alpha value is -2.67. The molecule has 7 heteroatoms. The maximum atomic E-state index is 12.5. The second-order valence-electron chi connectivity index (χ2n) is 7.27. The minimum Gasteiger partial charge on any atom is -0.343 e. The molecule has 0 spiro atoms. The first kappa shape index (κ1) is 17.7. The molecule has 1 aromatic heterocycles. The minimum atomic E-state index is -0.176. The number of rotatable bonds is 3. The molecule has 4 rings (SSSR count). The zero-order valence-corrected chi connectivity index (χ0v) is 15.6. The van der Waals surface area contributed by atoms with Gasteiger partial charge in [0.15, 0.2) is 5.69 Å². The Labute approximate surface area is 158 Å². The fraction of sp³-hybridized carbons (Fsp3) is 0.450. The summed E-state index contributed by atoms with van der Waals surface area (Å²) in [5.74, 6) is -0.0105. The van der Waals surface area contributed by atoms with Crippen molar-refractivity contribution in [2.45, 2.75) is 38.9 Å². The van der Waals surface area contributed by atoms with Crippen molar-refractivity contribution in [1.82, 2.24) is 19.6 Å². The monoisotopic (exact) mass is 367 g/mol. The predicted molar refractivity (Wildman–Crippen MR) is 102 cm³/mol. The molecule has 27 heavy (non-hydrogen) atoms. The quantitative estimate of drug-likeness (QED) is 0.900. The average molecular weight is 367 g/mol. The second kappa shape index (κ2) is 7.52. The highest BCUT2D eigenvalue weighted by Gasteiger charge is 2.29. The minimum absolute atomic E-state index is 0.166. The van der Waals surface area contributed by atoms with Gasteiger partial charge in [0.25, 0.3) is 5.91 Å². The molecule has 1 fully saturated rings. The Morgan fingerprint density at radius 2 is 1.81 bits per heavy atom. The van der Waals surface area contributed by atoms with Crippen LogP contribution in [-0.4, -0.2) is 57.1 Å². The van der Waals surface area contributed by atoms with Crippen molar-refractivity contribution < 1.29 is 9.59 Å². The summed E-state index contributed by atoms with van der Waals surface area (Å²) in [7, 11) is 0. The van der Waals surface area contributed by atoms with Crippen molar-refractivity contribution in [3.63, 3.8) is 0 Å². The van der Waals surface area contributed by atoms with Crippen molar-refractivity contribution in [2.75, 3.05) is 25.0 Å². The first-order valence-corrected chi connectivity index (χ1v) is 9.53. The third kappa shape index (κ3) is 3.88. The van der Waals surface area contributed by atoms with Crippen LogP contribution in [0.15, 0.2) is 36.4 Å². The number of hydrogen-bond acceptors (Lipinski definition) is 4. The van der Waals surface area contributed by atoms with E-state index in [0.717, 1.165) is 56.9 Å². The van der Waals surface area contributed by atoms with Crippen molar-refractivity contribution in [2.24, 2.45) is 0 Å². The summed E-state index contributed by atoms with van der Waals surface area (Å²) in [5.41, 5.74) is 2.31. The second-order valence-corrected chi connectivity index (χ2v) is 7.27. The number of nitrogens with zero attached hydrogens (tertiary/aromatic N) is 4. The van der Waals surface area contributed by atoms with E-state index in [1.165, 1.54) is 0 Å². The summed E-state index contributed by atoms with van der Waals surface area (Å²) in [4.78, 5) is 28.4. The molecule has 0 atom stereocenters.